The highest BCUT2D eigenvalue weighted by atomic mass is 16.6. The van der Waals surface area contributed by atoms with E-state index in [2.05, 4.69) is 0 Å². The quantitative estimate of drug-likeness (QED) is 0.777. The average molecular weight is 307 g/mol. The molecule has 0 saturated heterocycles. The topological polar surface area (TPSA) is 55.8 Å². The van der Waals surface area contributed by atoms with E-state index in [9.17, 15) is 9.59 Å². The van der Waals surface area contributed by atoms with E-state index in [1.807, 2.05) is 26.0 Å². The molecule has 1 aromatic carbocycles. The number of hydrogen-bond donors (Lipinski definition) is 0. The van der Waals surface area contributed by atoms with Crippen LogP contribution < -0.4 is 4.74 Å². The number of hydrogen-bond acceptors (Lipinski definition) is 4. The van der Waals surface area contributed by atoms with Gasteiger partial charge in [-0.3, -0.25) is 4.79 Å². The van der Waals surface area contributed by atoms with Crippen molar-refractivity contribution in [1.82, 2.24) is 4.90 Å². The number of carbonyl (C=O) groups excluding carboxylic acids is 2. The Bertz CT molecular complexity index is 504. The summed E-state index contributed by atoms with van der Waals surface area (Å²) >= 11 is 0. The van der Waals surface area contributed by atoms with Crippen molar-refractivity contribution in [1.29, 1.82) is 0 Å². The number of methoxy groups -OCH3 is 1. The standard InChI is InChI=1S/C17H25NO4/c1-6-18(7-2)16(20)22-17(3,4)15(19)12-13-8-10-14(21-5)11-9-13/h8-11H,6-7,12H2,1-5H3. The summed E-state index contributed by atoms with van der Waals surface area (Å²) in [5.41, 5.74) is -0.294. The fourth-order valence-corrected chi connectivity index (χ4v) is 1.96. The van der Waals surface area contributed by atoms with Crippen LogP contribution in [0.3, 0.4) is 0 Å². The predicted molar refractivity (Wildman–Crippen MR) is 85.2 cm³/mol. The molecule has 0 heterocycles. The lowest BCUT2D eigenvalue weighted by atomic mass is 9.97. The van der Waals surface area contributed by atoms with Gasteiger partial charge in [-0.2, -0.15) is 0 Å². The molecular formula is C17H25NO4. The number of benzene rings is 1. The largest absolute Gasteiger partial charge is 0.497 e. The van der Waals surface area contributed by atoms with Crippen LogP contribution in [0.2, 0.25) is 0 Å². The van der Waals surface area contributed by atoms with Crippen LogP contribution in [0.15, 0.2) is 24.3 Å². The van der Waals surface area contributed by atoms with Gasteiger partial charge in [-0.15, -0.1) is 0 Å². The van der Waals surface area contributed by atoms with Gasteiger partial charge < -0.3 is 14.4 Å². The average Bonchev–Trinajstić information content (AvgIpc) is 2.48. The monoisotopic (exact) mass is 307 g/mol. The van der Waals surface area contributed by atoms with Crippen LogP contribution in [0.5, 0.6) is 5.75 Å². The molecule has 1 amide bonds. The Morgan fingerprint density at radius 1 is 1.09 bits per heavy atom. The number of amides is 1. The maximum Gasteiger partial charge on any atom is 0.410 e. The second-order valence-electron chi connectivity index (χ2n) is 5.50. The number of carbonyl (C=O) groups is 2. The van der Waals surface area contributed by atoms with Gasteiger partial charge in [0, 0.05) is 19.5 Å². The van der Waals surface area contributed by atoms with Crippen molar-refractivity contribution in [3.63, 3.8) is 0 Å². The molecule has 22 heavy (non-hydrogen) atoms. The Morgan fingerprint density at radius 3 is 2.09 bits per heavy atom. The normalized spacial score (nSPS) is 11.0. The molecule has 5 heteroatoms. The van der Waals surface area contributed by atoms with Gasteiger partial charge in [0.15, 0.2) is 11.4 Å². The van der Waals surface area contributed by atoms with Crippen LogP contribution in [-0.2, 0) is 16.0 Å². The summed E-state index contributed by atoms with van der Waals surface area (Å²) < 4.78 is 10.5. The van der Waals surface area contributed by atoms with Gasteiger partial charge in [0.1, 0.15) is 5.75 Å². The fraction of sp³-hybridized carbons (Fsp3) is 0.529. The number of nitrogens with zero attached hydrogens (tertiary/aromatic N) is 1. The minimum absolute atomic E-state index is 0.141. The molecule has 0 atom stereocenters. The molecule has 0 radical (unpaired) electrons. The van der Waals surface area contributed by atoms with E-state index < -0.39 is 11.7 Å². The summed E-state index contributed by atoms with van der Waals surface area (Å²) in [5.74, 6) is 0.599. The van der Waals surface area contributed by atoms with E-state index in [4.69, 9.17) is 9.47 Å². The summed E-state index contributed by atoms with van der Waals surface area (Å²) in [4.78, 5) is 25.9. The number of rotatable bonds is 7. The van der Waals surface area contributed by atoms with Gasteiger partial charge >= 0.3 is 6.09 Å². The molecule has 0 unspecified atom stereocenters. The van der Waals surface area contributed by atoms with Crippen LogP contribution >= 0.6 is 0 Å². The highest BCUT2D eigenvalue weighted by Gasteiger charge is 2.32. The Labute approximate surface area is 132 Å². The van der Waals surface area contributed by atoms with Crippen LogP contribution in [0.4, 0.5) is 4.79 Å². The van der Waals surface area contributed by atoms with Gasteiger partial charge in [0.2, 0.25) is 0 Å². The molecule has 5 nitrogen and oxygen atoms in total. The predicted octanol–water partition coefficient (Wildman–Crippen LogP) is 3.06. The van der Waals surface area contributed by atoms with Gasteiger partial charge in [0.25, 0.3) is 0 Å². The number of ether oxygens (including phenoxy) is 2. The summed E-state index contributed by atoms with van der Waals surface area (Å²) in [5, 5.41) is 0. The van der Waals surface area contributed by atoms with E-state index in [1.54, 1.807) is 38.0 Å². The molecule has 1 aromatic rings. The molecule has 0 aliphatic heterocycles. The van der Waals surface area contributed by atoms with Crippen LogP contribution in [-0.4, -0.2) is 42.6 Å². The van der Waals surface area contributed by atoms with E-state index in [0.29, 0.717) is 13.1 Å². The first-order valence-electron chi connectivity index (χ1n) is 7.48. The molecule has 0 aromatic heterocycles. The Kier molecular flexibility index (Phi) is 6.40. The van der Waals surface area contributed by atoms with Crippen molar-refractivity contribution in [3.8, 4) is 5.75 Å². The van der Waals surface area contributed by atoms with Crippen LogP contribution in [0, 0.1) is 0 Å². The lowest BCUT2D eigenvalue weighted by molar-refractivity contribution is -0.134. The molecule has 0 spiro atoms. The molecule has 122 valence electrons. The molecule has 0 saturated carbocycles. The Morgan fingerprint density at radius 2 is 1.64 bits per heavy atom. The van der Waals surface area contributed by atoms with E-state index in [0.717, 1.165) is 11.3 Å². The maximum absolute atomic E-state index is 12.4. The molecular weight excluding hydrogens is 282 g/mol. The highest BCUT2D eigenvalue weighted by molar-refractivity contribution is 5.90. The Hall–Kier alpha value is -2.04. The molecule has 1 rings (SSSR count). The highest BCUT2D eigenvalue weighted by Crippen LogP contribution is 2.18. The first-order valence-corrected chi connectivity index (χ1v) is 7.48. The van der Waals surface area contributed by atoms with Gasteiger partial charge in [-0.25, -0.2) is 4.79 Å². The molecule has 0 aliphatic carbocycles. The number of Topliss-reactive ketones (excluding diaryl/α,β-unsaturated/α-hetero) is 1. The first-order chi connectivity index (χ1) is 10.3. The summed E-state index contributed by atoms with van der Waals surface area (Å²) in [6, 6.07) is 7.27. The summed E-state index contributed by atoms with van der Waals surface area (Å²) in [6.45, 7) is 8.10. The first kappa shape index (κ1) is 18.0. The third-order valence-corrected chi connectivity index (χ3v) is 3.56. The maximum atomic E-state index is 12.4. The second-order valence-corrected chi connectivity index (χ2v) is 5.50. The SMILES string of the molecule is CCN(CC)C(=O)OC(C)(C)C(=O)Cc1ccc(OC)cc1. The molecule has 0 N–H and O–H groups in total. The van der Waals surface area contributed by atoms with Gasteiger partial charge in [0.05, 0.1) is 7.11 Å². The van der Waals surface area contributed by atoms with Crippen molar-refractivity contribution >= 4 is 11.9 Å². The Balaban J connectivity index is 2.70. The summed E-state index contributed by atoms with van der Waals surface area (Å²) in [6.07, 6.45) is -0.249. The molecule has 0 aliphatic rings. The van der Waals surface area contributed by atoms with E-state index in [-0.39, 0.29) is 12.2 Å². The molecule has 0 bridgehead atoms. The van der Waals surface area contributed by atoms with Crippen molar-refractivity contribution in [2.75, 3.05) is 20.2 Å². The summed E-state index contributed by atoms with van der Waals surface area (Å²) in [7, 11) is 1.59. The van der Waals surface area contributed by atoms with Gasteiger partial charge in [-0.1, -0.05) is 12.1 Å². The minimum Gasteiger partial charge on any atom is -0.497 e. The third-order valence-electron chi connectivity index (χ3n) is 3.56. The lowest BCUT2D eigenvalue weighted by Gasteiger charge is -2.27. The molecule has 0 fully saturated rings. The zero-order valence-corrected chi connectivity index (χ0v) is 14.0. The van der Waals surface area contributed by atoms with Crippen molar-refractivity contribution in [2.24, 2.45) is 0 Å². The minimum atomic E-state index is -1.15. The smallest absolute Gasteiger partial charge is 0.410 e. The zero-order valence-electron chi connectivity index (χ0n) is 14.0. The van der Waals surface area contributed by atoms with Crippen molar-refractivity contribution in [2.45, 2.75) is 39.7 Å². The van der Waals surface area contributed by atoms with E-state index >= 15 is 0 Å². The van der Waals surface area contributed by atoms with Crippen LogP contribution in [0.1, 0.15) is 33.3 Å². The second kappa shape index (κ2) is 7.82. The van der Waals surface area contributed by atoms with Crippen molar-refractivity contribution in [3.05, 3.63) is 29.8 Å². The fourth-order valence-electron chi connectivity index (χ4n) is 1.96. The van der Waals surface area contributed by atoms with Crippen LogP contribution in [0.25, 0.3) is 0 Å². The van der Waals surface area contributed by atoms with Gasteiger partial charge in [-0.05, 0) is 45.4 Å². The third kappa shape index (κ3) is 4.76. The van der Waals surface area contributed by atoms with Crippen molar-refractivity contribution < 1.29 is 19.1 Å². The lowest BCUT2D eigenvalue weighted by Crippen LogP contribution is -2.43. The zero-order chi connectivity index (χ0) is 16.8. The van der Waals surface area contributed by atoms with E-state index in [1.165, 1.54) is 0 Å². The number of ketones is 1.